The molecule has 3 aromatic carbocycles. The number of hydrazine groups is 1. The molecule has 0 saturated carbocycles. The number of rotatable bonds is 6. The van der Waals surface area contributed by atoms with Crippen LogP contribution in [0.4, 0.5) is 8.78 Å². The first-order chi connectivity index (χ1) is 19.3. The molecule has 1 N–H and O–H groups in total. The summed E-state index contributed by atoms with van der Waals surface area (Å²) in [6.07, 6.45) is 0. The van der Waals surface area contributed by atoms with Gasteiger partial charge in [-0.15, -0.1) is 0 Å². The summed E-state index contributed by atoms with van der Waals surface area (Å²) in [5, 5.41) is 7.21. The van der Waals surface area contributed by atoms with Crippen LogP contribution in [-0.2, 0) is 0 Å². The first-order valence-corrected chi connectivity index (χ1v) is 13.0. The Labute approximate surface area is 238 Å². The normalized spacial score (nSPS) is 13.8. The fraction of sp³-hybridized carbons (Fsp3) is 0.179. The minimum Gasteiger partial charge on any atom is -0.492 e. The van der Waals surface area contributed by atoms with Crippen molar-refractivity contribution in [2.45, 2.75) is 0 Å². The topological polar surface area (TPSA) is 79.7 Å². The van der Waals surface area contributed by atoms with Gasteiger partial charge in [0.25, 0.3) is 11.8 Å². The monoisotopic (exact) mass is 585 g/mol. The predicted octanol–water partition coefficient (Wildman–Crippen LogP) is 5.24. The van der Waals surface area contributed by atoms with Crippen LogP contribution >= 0.6 is 23.2 Å². The zero-order chi connectivity index (χ0) is 28.4. The van der Waals surface area contributed by atoms with E-state index in [1.54, 1.807) is 52.2 Å². The highest BCUT2D eigenvalue weighted by molar-refractivity contribution is 6.32. The van der Waals surface area contributed by atoms with Crippen LogP contribution in [0.15, 0.2) is 66.7 Å². The zero-order valence-electron chi connectivity index (χ0n) is 21.2. The van der Waals surface area contributed by atoms with E-state index in [1.165, 1.54) is 18.1 Å². The molecule has 40 heavy (non-hydrogen) atoms. The molecular weight excluding hydrogens is 563 g/mol. The number of para-hydroxylation sites is 1. The molecule has 1 saturated heterocycles. The molecule has 4 aromatic rings. The van der Waals surface area contributed by atoms with Crippen molar-refractivity contribution in [3.8, 4) is 22.7 Å². The van der Waals surface area contributed by atoms with Gasteiger partial charge < -0.3 is 9.64 Å². The van der Waals surface area contributed by atoms with E-state index >= 15 is 0 Å². The van der Waals surface area contributed by atoms with Crippen LogP contribution in [0.25, 0.3) is 16.9 Å². The number of amides is 2. The van der Waals surface area contributed by atoms with E-state index in [9.17, 15) is 18.4 Å². The maximum atomic E-state index is 13.6. The Bertz CT molecular complexity index is 1570. The molecule has 2 heterocycles. The first kappa shape index (κ1) is 27.6. The molecule has 1 aliphatic rings. The van der Waals surface area contributed by atoms with Crippen molar-refractivity contribution in [1.29, 1.82) is 0 Å². The number of nitrogens with zero attached hydrogens (tertiary/aromatic N) is 4. The van der Waals surface area contributed by atoms with Gasteiger partial charge in [0.2, 0.25) is 0 Å². The molecule has 1 aromatic heterocycles. The lowest BCUT2D eigenvalue weighted by molar-refractivity contribution is 0.0502. The lowest BCUT2D eigenvalue weighted by atomic mass is 10.1. The molecule has 8 nitrogen and oxygen atoms in total. The molecule has 12 heteroatoms. The molecule has 5 rings (SSSR count). The zero-order valence-corrected chi connectivity index (χ0v) is 22.7. The number of carbonyl (C=O) groups excluding carboxylic acids is 2. The molecule has 0 bridgehead atoms. The van der Waals surface area contributed by atoms with Gasteiger partial charge in [-0.1, -0.05) is 47.5 Å². The molecule has 0 radical (unpaired) electrons. The third-order valence-corrected chi connectivity index (χ3v) is 7.02. The first-order valence-electron chi connectivity index (χ1n) is 12.2. The maximum Gasteiger partial charge on any atom is 0.289 e. The summed E-state index contributed by atoms with van der Waals surface area (Å²) in [6, 6.07) is 17.2. The van der Waals surface area contributed by atoms with E-state index < -0.39 is 23.4 Å². The largest absolute Gasteiger partial charge is 0.492 e. The fourth-order valence-corrected chi connectivity index (χ4v) is 4.78. The summed E-state index contributed by atoms with van der Waals surface area (Å²) >= 11 is 12.6. The Kier molecular flexibility index (Phi) is 8.02. The van der Waals surface area contributed by atoms with Gasteiger partial charge in [0, 0.05) is 42.3 Å². The Morgan fingerprint density at radius 1 is 0.925 bits per heavy atom. The van der Waals surface area contributed by atoms with Gasteiger partial charge >= 0.3 is 0 Å². The smallest absolute Gasteiger partial charge is 0.289 e. The number of benzene rings is 3. The maximum absolute atomic E-state index is 13.6. The van der Waals surface area contributed by atoms with Gasteiger partial charge in [0.05, 0.1) is 17.8 Å². The lowest BCUT2D eigenvalue weighted by Crippen LogP contribution is -2.54. The number of carbonyl (C=O) groups is 2. The Morgan fingerprint density at radius 2 is 1.62 bits per heavy atom. The molecule has 2 amide bonds. The summed E-state index contributed by atoms with van der Waals surface area (Å²) in [4.78, 5) is 27.7. The van der Waals surface area contributed by atoms with E-state index in [0.29, 0.717) is 40.1 Å². The van der Waals surface area contributed by atoms with E-state index in [4.69, 9.17) is 27.9 Å². The van der Waals surface area contributed by atoms with Crippen LogP contribution in [0.1, 0.15) is 20.8 Å². The van der Waals surface area contributed by atoms with Gasteiger partial charge in [-0.3, -0.25) is 15.0 Å². The van der Waals surface area contributed by atoms with Crippen molar-refractivity contribution in [3.63, 3.8) is 0 Å². The van der Waals surface area contributed by atoms with Crippen molar-refractivity contribution in [1.82, 2.24) is 25.1 Å². The molecular formula is C28H23Cl2F2N5O3. The quantitative estimate of drug-likeness (QED) is 0.335. The molecule has 0 atom stereocenters. The third-order valence-electron chi connectivity index (χ3n) is 6.45. The summed E-state index contributed by atoms with van der Waals surface area (Å²) in [6.45, 7) is 1.14. The number of hydrogen-bond donors (Lipinski definition) is 1. The second kappa shape index (κ2) is 11.6. The van der Waals surface area contributed by atoms with E-state index in [1.807, 2.05) is 6.07 Å². The third kappa shape index (κ3) is 5.51. The molecule has 0 spiro atoms. The van der Waals surface area contributed by atoms with Crippen molar-refractivity contribution >= 4 is 35.0 Å². The minimum absolute atomic E-state index is 0.0349. The number of hydrogen-bond acceptors (Lipinski definition) is 5. The van der Waals surface area contributed by atoms with Crippen molar-refractivity contribution < 1.29 is 23.1 Å². The standard InChI is InChI=1S/C28H23Cl2F2N5O3/c1-40-26-24(33-37(23-5-3-2-4-20(23)30)25(26)17-6-9-19(29)10-7-17)27(38)34-36-14-12-35(13-15-36)28(39)18-8-11-21(31)22(32)16-18/h2-11,16H,12-15H2,1H3,(H,34,38). The second-order valence-corrected chi connectivity index (χ2v) is 9.79. The van der Waals surface area contributed by atoms with Crippen LogP contribution in [0.5, 0.6) is 5.75 Å². The van der Waals surface area contributed by atoms with Gasteiger partial charge in [0.15, 0.2) is 23.1 Å². The number of halogens is 4. The fourth-order valence-electron chi connectivity index (χ4n) is 4.43. The number of nitrogens with one attached hydrogen (secondary N) is 1. The van der Waals surface area contributed by atoms with Crippen LogP contribution in [0.2, 0.25) is 10.0 Å². The number of ether oxygens (including phenoxy) is 1. The molecule has 1 aliphatic heterocycles. The van der Waals surface area contributed by atoms with Crippen LogP contribution in [0.3, 0.4) is 0 Å². The van der Waals surface area contributed by atoms with Crippen molar-refractivity contribution in [2.24, 2.45) is 0 Å². The Balaban J connectivity index is 1.37. The average Bonchev–Trinajstić information content (AvgIpc) is 3.35. The highest BCUT2D eigenvalue weighted by Crippen LogP contribution is 2.37. The predicted molar refractivity (Wildman–Crippen MR) is 147 cm³/mol. The van der Waals surface area contributed by atoms with E-state index in [0.717, 1.165) is 12.1 Å². The second-order valence-electron chi connectivity index (χ2n) is 8.95. The Hall–Kier alpha value is -3.99. The lowest BCUT2D eigenvalue weighted by Gasteiger charge is -2.34. The van der Waals surface area contributed by atoms with Crippen molar-refractivity contribution in [2.75, 3.05) is 33.3 Å². The van der Waals surface area contributed by atoms with E-state index in [-0.39, 0.29) is 30.1 Å². The minimum atomic E-state index is -1.08. The highest BCUT2D eigenvalue weighted by Gasteiger charge is 2.29. The number of methoxy groups -OCH3 is 1. The van der Waals surface area contributed by atoms with Crippen LogP contribution < -0.4 is 10.2 Å². The van der Waals surface area contributed by atoms with Gasteiger partial charge in [-0.25, -0.2) is 18.5 Å². The number of aromatic nitrogens is 2. The molecule has 0 aliphatic carbocycles. The Morgan fingerprint density at radius 3 is 2.27 bits per heavy atom. The summed E-state index contributed by atoms with van der Waals surface area (Å²) < 4.78 is 34.1. The summed E-state index contributed by atoms with van der Waals surface area (Å²) in [5.41, 5.74) is 4.69. The van der Waals surface area contributed by atoms with Gasteiger partial charge in [-0.2, -0.15) is 5.10 Å². The van der Waals surface area contributed by atoms with Crippen LogP contribution in [-0.4, -0.2) is 64.8 Å². The molecule has 206 valence electrons. The number of piperazine rings is 1. The van der Waals surface area contributed by atoms with Gasteiger partial charge in [-0.05, 0) is 42.5 Å². The summed E-state index contributed by atoms with van der Waals surface area (Å²) in [7, 11) is 1.45. The average molecular weight is 586 g/mol. The summed E-state index contributed by atoms with van der Waals surface area (Å²) in [5.74, 6) is -2.79. The van der Waals surface area contributed by atoms with E-state index in [2.05, 4.69) is 10.5 Å². The highest BCUT2D eigenvalue weighted by atomic mass is 35.5. The van der Waals surface area contributed by atoms with Crippen LogP contribution in [0, 0.1) is 11.6 Å². The van der Waals surface area contributed by atoms with Crippen molar-refractivity contribution in [3.05, 3.63) is 99.7 Å². The molecule has 1 fully saturated rings. The SMILES string of the molecule is COc1c(C(=O)NN2CCN(C(=O)c3ccc(F)c(F)c3)CC2)nn(-c2ccccc2Cl)c1-c1ccc(Cl)cc1. The van der Waals surface area contributed by atoms with Gasteiger partial charge in [0.1, 0.15) is 5.69 Å². The molecule has 0 unspecified atom stereocenters.